The van der Waals surface area contributed by atoms with Crippen molar-refractivity contribution < 1.29 is 4.74 Å². The summed E-state index contributed by atoms with van der Waals surface area (Å²) in [6, 6.07) is 10.1. The van der Waals surface area contributed by atoms with Gasteiger partial charge in [0.25, 0.3) is 0 Å². The third-order valence-corrected chi connectivity index (χ3v) is 2.65. The van der Waals surface area contributed by atoms with Crippen molar-refractivity contribution in [2.24, 2.45) is 0 Å². The first kappa shape index (κ1) is 11.4. The van der Waals surface area contributed by atoms with E-state index >= 15 is 0 Å². The van der Waals surface area contributed by atoms with Gasteiger partial charge in [-0.1, -0.05) is 13.0 Å². The SMILES string of the molecule is CCOc1nc2ccc(CC)cc2cc1C#N. The van der Waals surface area contributed by atoms with Crippen LogP contribution in [0, 0.1) is 11.3 Å². The number of ether oxygens (including phenoxy) is 1. The molecule has 2 aromatic rings. The number of hydrogen-bond acceptors (Lipinski definition) is 3. The van der Waals surface area contributed by atoms with Gasteiger partial charge in [-0.25, -0.2) is 4.98 Å². The minimum Gasteiger partial charge on any atom is -0.477 e. The number of fused-ring (bicyclic) bond motifs is 1. The van der Waals surface area contributed by atoms with Crippen molar-refractivity contribution in [1.29, 1.82) is 5.26 Å². The van der Waals surface area contributed by atoms with Crippen molar-refractivity contribution in [3.63, 3.8) is 0 Å². The predicted molar refractivity (Wildman–Crippen MR) is 67.0 cm³/mol. The van der Waals surface area contributed by atoms with Crippen LogP contribution in [0.15, 0.2) is 24.3 Å². The van der Waals surface area contributed by atoms with Gasteiger partial charge in [0.15, 0.2) is 0 Å². The van der Waals surface area contributed by atoms with Gasteiger partial charge in [-0.3, -0.25) is 0 Å². The molecule has 0 N–H and O–H groups in total. The van der Waals surface area contributed by atoms with Gasteiger partial charge in [0, 0.05) is 5.39 Å². The summed E-state index contributed by atoms with van der Waals surface area (Å²) >= 11 is 0. The molecule has 1 aromatic heterocycles. The second-order valence-electron chi connectivity index (χ2n) is 3.77. The van der Waals surface area contributed by atoms with Crippen molar-refractivity contribution in [2.45, 2.75) is 20.3 Å². The van der Waals surface area contributed by atoms with Gasteiger partial charge in [0.1, 0.15) is 11.6 Å². The van der Waals surface area contributed by atoms with Gasteiger partial charge >= 0.3 is 0 Å². The fourth-order valence-electron chi connectivity index (χ4n) is 1.76. The molecule has 0 aliphatic heterocycles. The normalized spacial score (nSPS) is 10.2. The van der Waals surface area contributed by atoms with E-state index in [1.807, 2.05) is 19.1 Å². The molecule has 0 aliphatic carbocycles. The molecule has 3 nitrogen and oxygen atoms in total. The lowest BCUT2D eigenvalue weighted by Crippen LogP contribution is -1.98. The number of nitrogens with zero attached hydrogens (tertiary/aromatic N) is 2. The topological polar surface area (TPSA) is 45.9 Å². The largest absolute Gasteiger partial charge is 0.477 e. The summed E-state index contributed by atoms with van der Waals surface area (Å²) < 4.78 is 5.36. The monoisotopic (exact) mass is 226 g/mol. The number of aryl methyl sites for hydroxylation is 1. The summed E-state index contributed by atoms with van der Waals surface area (Å²) in [7, 11) is 0. The fourth-order valence-corrected chi connectivity index (χ4v) is 1.76. The Labute approximate surface area is 101 Å². The van der Waals surface area contributed by atoms with Gasteiger partial charge in [-0.15, -0.1) is 0 Å². The lowest BCUT2D eigenvalue weighted by Gasteiger charge is -2.07. The minimum absolute atomic E-state index is 0.423. The zero-order valence-corrected chi connectivity index (χ0v) is 10.0. The van der Waals surface area contributed by atoms with Crippen molar-refractivity contribution in [2.75, 3.05) is 6.61 Å². The van der Waals surface area contributed by atoms with E-state index in [-0.39, 0.29) is 0 Å². The molecule has 0 unspecified atom stereocenters. The van der Waals surface area contributed by atoms with Crippen molar-refractivity contribution in [3.05, 3.63) is 35.4 Å². The van der Waals surface area contributed by atoms with Crippen LogP contribution in [0.4, 0.5) is 0 Å². The number of pyridine rings is 1. The average Bonchev–Trinajstić information content (AvgIpc) is 2.37. The first-order valence-corrected chi connectivity index (χ1v) is 5.75. The van der Waals surface area contributed by atoms with E-state index in [1.165, 1.54) is 5.56 Å². The summed E-state index contributed by atoms with van der Waals surface area (Å²) in [6.45, 7) is 4.50. The number of rotatable bonds is 3. The molecular weight excluding hydrogens is 212 g/mol. The molecule has 0 bridgehead atoms. The Morgan fingerprint density at radius 2 is 2.12 bits per heavy atom. The highest BCUT2D eigenvalue weighted by Gasteiger charge is 2.07. The Morgan fingerprint density at radius 3 is 2.76 bits per heavy atom. The Bertz CT molecular complexity index is 585. The maximum Gasteiger partial charge on any atom is 0.232 e. The van der Waals surface area contributed by atoms with E-state index in [9.17, 15) is 0 Å². The molecule has 86 valence electrons. The van der Waals surface area contributed by atoms with Crippen LogP contribution in [-0.2, 0) is 6.42 Å². The maximum absolute atomic E-state index is 9.06. The zero-order chi connectivity index (χ0) is 12.3. The molecule has 2 rings (SSSR count). The second-order valence-corrected chi connectivity index (χ2v) is 3.77. The van der Waals surface area contributed by atoms with Crippen molar-refractivity contribution in [3.8, 4) is 11.9 Å². The molecule has 1 heterocycles. The fraction of sp³-hybridized carbons (Fsp3) is 0.286. The summed E-state index contributed by atoms with van der Waals surface area (Å²) in [4.78, 5) is 4.37. The lowest BCUT2D eigenvalue weighted by atomic mass is 10.1. The summed E-state index contributed by atoms with van der Waals surface area (Å²) in [5.41, 5.74) is 2.60. The van der Waals surface area contributed by atoms with Crippen LogP contribution in [-0.4, -0.2) is 11.6 Å². The van der Waals surface area contributed by atoms with Gasteiger partial charge < -0.3 is 4.74 Å². The second kappa shape index (κ2) is 4.84. The Hall–Kier alpha value is -2.08. The van der Waals surface area contributed by atoms with Crippen LogP contribution >= 0.6 is 0 Å². The average molecular weight is 226 g/mol. The van der Waals surface area contributed by atoms with Crippen LogP contribution in [0.2, 0.25) is 0 Å². The van der Waals surface area contributed by atoms with E-state index in [4.69, 9.17) is 10.00 Å². The van der Waals surface area contributed by atoms with Crippen LogP contribution in [0.5, 0.6) is 5.88 Å². The summed E-state index contributed by atoms with van der Waals surface area (Å²) in [6.07, 6.45) is 0.977. The lowest BCUT2D eigenvalue weighted by molar-refractivity contribution is 0.327. The number of nitriles is 1. The van der Waals surface area contributed by atoms with E-state index in [1.54, 1.807) is 0 Å². The van der Waals surface area contributed by atoms with Gasteiger partial charge in [0.2, 0.25) is 5.88 Å². The zero-order valence-electron chi connectivity index (χ0n) is 10.0. The standard InChI is InChI=1S/C14H14N2O/c1-3-10-5-6-13-11(7-10)8-12(9-15)14(16-13)17-4-2/h5-8H,3-4H2,1-2H3. The summed E-state index contributed by atoms with van der Waals surface area (Å²) in [5, 5.41) is 10.1. The molecule has 1 aromatic carbocycles. The van der Waals surface area contributed by atoms with E-state index in [0.717, 1.165) is 17.3 Å². The first-order chi connectivity index (χ1) is 8.28. The number of hydrogen-bond donors (Lipinski definition) is 0. The number of benzene rings is 1. The third kappa shape index (κ3) is 2.21. The molecule has 0 aliphatic rings. The third-order valence-electron chi connectivity index (χ3n) is 2.65. The van der Waals surface area contributed by atoms with Crippen LogP contribution < -0.4 is 4.74 Å². The van der Waals surface area contributed by atoms with E-state index in [2.05, 4.69) is 30.1 Å². The van der Waals surface area contributed by atoms with E-state index < -0.39 is 0 Å². The minimum atomic E-state index is 0.423. The number of aromatic nitrogens is 1. The quantitative estimate of drug-likeness (QED) is 0.808. The molecule has 0 saturated carbocycles. The summed E-state index contributed by atoms with van der Waals surface area (Å²) in [5.74, 6) is 0.423. The molecule has 0 saturated heterocycles. The molecule has 17 heavy (non-hydrogen) atoms. The highest BCUT2D eigenvalue weighted by molar-refractivity contribution is 5.81. The highest BCUT2D eigenvalue weighted by Crippen LogP contribution is 2.22. The Kier molecular flexibility index (Phi) is 3.24. The van der Waals surface area contributed by atoms with Crippen LogP contribution in [0.25, 0.3) is 10.9 Å². The smallest absolute Gasteiger partial charge is 0.232 e. The molecule has 0 spiro atoms. The van der Waals surface area contributed by atoms with E-state index in [0.29, 0.717) is 18.1 Å². The molecule has 0 radical (unpaired) electrons. The maximum atomic E-state index is 9.06. The van der Waals surface area contributed by atoms with Crippen molar-refractivity contribution in [1.82, 2.24) is 4.98 Å². The van der Waals surface area contributed by atoms with Gasteiger partial charge in [-0.2, -0.15) is 5.26 Å². The van der Waals surface area contributed by atoms with Crippen molar-refractivity contribution >= 4 is 10.9 Å². The van der Waals surface area contributed by atoms with Crippen LogP contribution in [0.3, 0.4) is 0 Å². The molecule has 0 fully saturated rings. The molecule has 0 atom stereocenters. The Balaban J connectivity index is 2.61. The first-order valence-electron chi connectivity index (χ1n) is 5.75. The molecular formula is C14H14N2O. The highest BCUT2D eigenvalue weighted by atomic mass is 16.5. The molecule has 0 amide bonds. The van der Waals surface area contributed by atoms with Gasteiger partial charge in [-0.05, 0) is 37.1 Å². The van der Waals surface area contributed by atoms with Crippen LogP contribution in [0.1, 0.15) is 25.0 Å². The predicted octanol–water partition coefficient (Wildman–Crippen LogP) is 3.07. The molecule has 3 heteroatoms. The van der Waals surface area contributed by atoms with Gasteiger partial charge in [0.05, 0.1) is 12.1 Å². The Morgan fingerprint density at radius 1 is 1.29 bits per heavy atom.